The summed E-state index contributed by atoms with van der Waals surface area (Å²) in [7, 11) is 0. The Hall–Kier alpha value is -1.60. The first-order valence-corrected chi connectivity index (χ1v) is 7.66. The van der Waals surface area contributed by atoms with Gasteiger partial charge in [-0.25, -0.2) is 4.98 Å². The normalized spacial score (nSPS) is 16.9. The molecule has 7 nitrogen and oxygen atoms in total. The van der Waals surface area contributed by atoms with Crippen molar-refractivity contribution in [2.45, 2.75) is 13.5 Å². The number of morpholine rings is 1. The molecule has 1 saturated heterocycles. The number of nitrogens with one attached hydrogen (secondary N) is 2. The maximum atomic E-state index is 5.34. The molecule has 1 fully saturated rings. The zero-order valence-electron chi connectivity index (χ0n) is 12.8. The number of guanidine groups is 1. The van der Waals surface area contributed by atoms with Gasteiger partial charge in [-0.3, -0.25) is 9.89 Å². The Morgan fingerprint density at radius 1 is 1.29 bits per heavy atom. The monoisotopic (exact) mass is 294 g/mol. The highest BCUT2D eigenvalue weighted by atomic mass is 16.5. The van der Waals surface area contributed by atoms with Crippen LogP contribution in [-0.2, 0) is 11.3 Å². The van der Waals surface area contributed by atoms with E-state index in [2.05, 4.69) is 32.4 Å². The number of aliphatic imine (C=N–C) groups is 1. The van der Waals surface area contributed by atoms with Crippen molar-refractivity contribution in [3.63, 3.8) is 0 Å². The molecular weight excluding hydrogens is 268 g/mol. The van der Waals surface area contributed by atoms with E-state index >= 15 is 0 Å². The van der Waals surface area contributed by atoms with Gasteiger partial charge in [0.25, 0.3) is 0 Å². The van der Waals surface area contributed by atoms with Gasteiger partial charge in [-0.05, 0) is 6.92 Å². The Bertz CT molecular complexity index is 400. The molecule has 2 rings (SSSR count). The van der Waals surface area contributed by atoms with Crippen LogP contribution in [0.1, 0.15) is 6.92 Å². The number of imidazole rings is 1. The van der Waals surface area contributed by atoms with Crippen LogP contribution >= 0.6 is 0 Å². The predicted octanol–water partition coefficient (Wildman–Crippen LogP) is -0.230. The molecule has 0 spiro atoms. The number of hydrogen-bond donors (Lipinski definition) is 2. The average Bonchev–Trinajstić information content (AvgIpc) is 3.02. The Kier molecular flexibility index (Phi) is 7.03. The van der Waals surface area contributed by atoms with Crippen molar-refractivity contribution in [1.82, 2.24) is 25.1 Å². The lowest BCUT2D eigenvalue weighted by Crippen LogP contribution is -2.40. The third-order valence-electron chi connectivity index (χ3n) is 3.36. The topological polar surface area (TPSA) is 66.7 Å². The van der Waals surface area contributed by atoms with Gasteiger partial charge in [0.05, 0.1) is 26.1 Å². The lowest BCUT2D eigenvalue weighted by atomic mass is 10.4. The van der Waals surface area contributed by atoms with E-state index < -0.39 is 0 Å². The molecule has 21 heavy (non-hydrogen) atoms. The third kappa shape index (κ3) is 6.14. The van der Waals surface area contributed by atoms with Crippen LogP contribution in [0.15, 0.2) is 23.7 Å². The van der Waals surface area contributed by atoms with Crippen LogP contribution in [0.2, 0.25) is 0 Å². The summed E-state index contributed by atoms with van der Waals surface area (Å²) in [5.74, 6) is 0.880. The first-order chi connectivity index (χ1) is 10.4. The minimum absolute atomic E-state index is 0.806. The average molecular weight is 294 g/mol. The highest BCUT2D eigenvalue weighted by Gasteiger charge is 2.09. The fourth-order valence-corrected chi connectivity index (χ4v) is 2.19. The Morgan fingerprint density at radius 2 is 2.14 bits per heavy atom. The summed E-state index contributed by atoms with van der Waals surface area (Å²) in [6.07, 6.45) is 5.58. The number of nitrogens with zero attached hydrogens (tertiary/aromatic N) is 4. The fraction of sp³-hybridized carbons (Fsp3) is 0.714. The van der Waals surface area contributed by atoms with Crippen molar-refractivity contribution in [3.8, 4) is 0 Å². The van der Waals surface area contributed by atoms with Crippen molar-refractivity contribution in [1.29, 1.82) is 0 Å². The summed E-state index contributed by atoms with van der Waals surface area (Å²) in [5.41, 5.74) is 0. The standard InChI is InChI=1S/C14H26N6O/c1-2-16-14(18-5-8-20-6-3-15-13-20)17-4-7-19-9-11-21-12-10-19/h3,6,13H,2,4-5,7-12H2,1H3,(H2,16,17,18). The van der Waals surface area contributed by atoms with Gasteiger partial charge in [-0.2, -0.15) is 0 Å². The van der Waals surface area contributed by atoms with Gasteiger partial charge in [0.1, 0.15) is 0 Å². The van der Waals surface area contributed by atoms with Crippen molar-refractivity contribution >= 4 is 5.96 Å². The van der Waals surface area contributed by atoms with Crippen LogP contribution in [0, 0.1) is 0 Å². The second-order valence-electron chi connectivity index (χ2n) is 4.94. The molecule has 0 bridgehead atoms. The quantitative estimate of drug-likeness (QED) is 0.537. The van der Waals surface area contributed by atoms with E-state index in [1.54, 1.807) is 6.20 Å². The van der Waals surface area contributed by atoms with Crippen LogP contribution < -0.4 is 10.6 Å². The summed E-state index contributed by atoms with van der Waals surface area (Å²) in [6.45, 7) is 10.2. The molecule has 0 amide bonds. The lowest BCUT2D eigenvalue weighted by Gasteiger charge is -2.25. The minimum Gasteiger partial charge on any atom is -0.379 e. The lowest BCUT2D eigenvalue weighted by molar-refractivity contribution is 0.0394. The highest BCUT2D eigenvalue weighted by molar-refractivity contribution is 5.79. The number of ether oxygens (including phenoxy) is 1. The van der Waals surface area contributed by atoms with E-state index in [1.807, 2.05) is 17.1 Å². The second kappa shape index (κ2) is 9.36. The summed E-state index contributed by atoms with van der Waals surface area (Å²) < 4.78 is 7.39. The molecule has 0 atom stereocenters. The first kappa shape index (κ1) is 15.8. The van der Waals surface area contributed by atoms with E-state index in [1.165, 1.54) is 0 Å². The van der Waals surface area contributed by atoms with E-state index in [9.17, 15) is 0 Å². The van der Waals surface area contributed by atoms with Gasteiger partial charge in [0.15, 0.2) is 5.96 Å². The van der Waals surface area contributed by atoms with Crippen LogP contribution in [0.4, 0.5) is 0 Å². The van der Waals surface area contributed by atoms with Gasteiger partial charge in [-0.1, -0.05) is 0 Å². The molecule has 2 N–H and O–H groups in total. The zero-order valence-corrected chi connectivity index (χ0v) is 12.8. The molecule has 7 heteroatoms. The van der Waals surface area contributed by atoms with Crippen molar-refractivity contribution in [2.75, 3.05) is 52.5 Å². The number of rotatable bonds is 7. The molecular formula is C14H26N6O. The third-order valence-corrected chi connectivity index (χ3v) is 3.36. The molecule has 118 valence electrons. The summed E-state index contributed by atoms with van der Waals surface area (Å²) >= 11 is 0. The number of hydrogen-bond acceptors (Lipinski definition) is 4. The molecule has 1 aromatic rings. The molecule has 0 aromatic carbocycles. The molecule has 1 aliphatic heterocycles. The van der Waals surface area contributed by atoms with Crippen molar-refractivity contribution in [3.05, 3.63) is 18.7 Å². The van der Waals surface area contributed by atoms with Crippen LogP contribution in [0.5, 0.6) is 0 Å². The van der Waals surface area contributed by atoms with Gasteiger partial charge in [0, 0.05) is 51.7 Å². The Balaban J connectivity index is 1.67. The van der Waals surface area contributed by atoms with Gasteiger partial charge < -0.3 is 19.9 Å². The largest absolute Gasteiger partial charge is 0.379 e. The molecule has 1 aromatic heterocycles. The van der Waals surface area contributed by atoms with Crippen LogP contribution in [0.3, 0.4) is 0 Å². The van der Waals surface area contributed by atoms with Gasteiger partial charge in [-0.15, -0.1) is 0 Å². The minimum atomic E-state index is 0.806. The van der Waals surface area contributed by atoms with Crippen LogP contribution in [0.25, 0.3) is 0 Å². The first-order valence-electron chi connectivity index (χ1n) is 7.66. The fourth-order valence-electron chi connectivity index (χ4n) is 2.19. The summed E-state index contributed by atoms with van der Waals surface area (Å²) in [6, 6.07) is 0. The summed E-state index contributed by atoms with van der Waals surface area (Å²) in [5, 5.41) is 6.61. The molecule has 2 heterocycles. The maximum Gasteiger partial charge on any atom is 0.191 e. The Morgan fingerprint density at radius 3 is 2.86 bits per heavy atom. The second-order valence-corrected chi connectivity index (χ2v) is 4.94. The molecule has 0 unspecified atom stereocenters. The van der Waals surface area contributed by atoms with E-state index in [0.29, 0.717) is 0 Å². The number of aromatic nitrogens is 2. The summed E-state index contributed by atoms with van der Waals surface area (Å²) in [4.78, 5) is 11.0. The molecule has 0 saturated carbocycles. The van der Waals surface area contributed by atoms with Crippen molar-refractivity contribution in [2.24, 2.45) is 4.99 Å². The smallest absolute Gasteiger partial charge is 0.191 e. The van der Waals surface area contributed by atoms with Crippen LogP contribution in [-0.4, -0.2) is 72.9 Å². The maximum absolute atomic E-state index is 5.34. The Labute approximate surface area is 126 Å². The van der Waals surface area contributed by atoms with Gasteiger partial charge >= 0.3 is 0 Å². The SMILES string of the molecule is CCNC(=NCCN1CCOCC1)NCCn1ccnc1. The molecule has 1 aliphatic rings. The molecule has 0 radical (unpaired) electrons. The predicted molar refractivity (Wildman–Crippen MR) is 83.5 cm³/mol. The van der Waals surface area contributed by atoms with Gasteiger partial charge in [0.2, 0.25) is 0 Å². The van der Waals surface area contributed by atoms with Crippen molar-refractivity contribution < 1.29 is 4.74 Å². The van der Waals surface area contributed by atoms with E-state index in [0.717, 1.165) is 65.0 Å². The zero-order chi connectivity index (χ0) is 14.8. The molecule has 0 aliphatic carbocycles. The van der Waals surface area contributed by atoms with E-state index in [-0.39, 0.29) is 0 Å². The highest BCUT2D eigenvalue weighted by Crippen LogP contribution is 1.95. The van der Waals surface area contributed by atoms with E-state index in [4.69, 9.17) is 4.74 Å².